The van der Waals surface area contributed by atoms with Gasteiger partial charge >= 0.3 is 5.97 Å². The van der Waals surface area contributed by atoms with Crippen molar-refractivity contribution in [1.82, 2.24) is 5.32 Å². The van der Waals surface area contributed by atoms with E-state index in [1.54, 1.807) is 49.6 Å². The van der Waals surface area contributed by atoms with Crippen molar-refractivity contribution < 1.29 is 28.9 Å². The molecule has 1 amide bonds. The molecule has 0 aromatic heterocycles. The Morgan fingerprint density at radius 2 is 1.52 bits per heavy atom. The van der Waals surface area contributed by atoms with Crippen LogP contribution >= 0.6 is 0 Å². The first kappa shape index (κ1) is 30.2. The SMILES string of the molecule is COc1ccc(CCC(Cc2ccccc2)NC(=O)c2cccc(Oc3ccc(OC(C)(C)C(=O)O)c(C)c3)c2)cc1. The van der Waals surface area contributed by atoms with Crippen molar-refractivity contribution in [3.63, 3.8) is 0 Å². The predicted octanol–water partition coefficient (Wildman–Crippen LogP) is 7.01. The number of nitrogens with one attached hydrogen (secondary N) is 1. The van der Waals surface area contributed by atoms with E-state index in [9.17, 15) is 14.7 Å². The van der Waals surface area contributed by atoms with E-state index < -0.39 is 11.6 Å². The Bertz CT molecular complexity index is 1500. The van der Waals surface area contributed by atoms with Crippen molar-refractivity contribution in [1.29, 1.82) is 0 Å². The fourth-order valence-corrected chi connectivity index (χ4v) is 4.48. The molecule has 0 aliphatic carbocycles. The zero-order valence-corrected chi connectivity index (χ0v) is 24.4. The monoisotopic (exact) mass is 567 g/mol. The maximum atomic E-state index is 13.4. The summed E-state index contributed by atoms with van der Waals surface area (Å²) in [5, 5.41) is 12.6. The summed E-state index contributed by atoms with van der Waals surface area (Å²) in [6, 6.07) is 30.3. The molecule has 0 heterocycles. The largest absolute Gasteiger partial charge is 0.497 e. The zero-order valence-electron chi connectivity index (χ0n) is 24.4. The van der Waals surface area contributed by atoms with Crippen LogP contribution in [0.25, 0.3) is 0 Å². The molecule has 0 saturated heterocycles. The molecule has 7 heteroatoms. The summed E-state index contributed by atoms with van der Waals surface area (Å²) in [7, 11) is 1.65. The van der Waals surface area contributed by atoms with E-state index >= 15 is 0 Å². The van der Waals surface area contributed by atoms with Crippen LogP contribution in [0.15, 0.2) is 97.1 Å². The fraction of sp³-hybridized carbons (Fsp3) is 0.257. The molecule has 0 aliphatic heterocycles. The summed E-state index contributed by atoms with van der Waals surface area (Å²) >= 11 is 0. The third-order valence-electron chi connectivity index (χ3n) is 6.96. The smallest absolute Gasteiger partial charge is 0.347 e. The van der Waals surface area contributed by atoms with E-state index in [1.807, 2.05) is 37.3 Å². The number of hydrogen-bond donors (Lipinski definition) is 2. The van der Waals surface area contributed by atoms with Gasteiger partial charge in [-0.05, 0) is 105 Å². The van der Waals surface area contributed by atoms with Crippen LogP contribution in [0.2, 0.25) is 0 Å². The summed E-state index contributed by atoms with van der Waals surface area (Å²) in [6.45, 7) is 4.82. The van der Waals surface area contributed by atoms with E-state index in [-0.39, 0.29) is 11.9 Å². The molecule has 4 aromatic rings. The van der Waals surface area contributed by atoms with Crippen LogP contribution in [0.1, 0.15) is 47.3 Å². The molecular weight excluding hydrogens is 530 g/mol. The van der Waals surface area contributed by atoms with E-state index in [2.05, 4.69) is 29.6 Å². The van der Waals surface area contributed by atoms with E-state index in [4.69, 9.17) is 14.2 Å². The van der Waals surface area contributed by atoms with Gasteiger partial charge in [0.1, 0.15) is 23.0 Å². The van der Waals surface area contributed by atoms with Gasteiger partial charge in [-0.3, -0.25) is 4.79 Å². The van der Waals surface area contributed by atoms with Crippen molar-refractivity contribution >= 4 is 11.9 Å². The Kier molecular flexibility index (Phi) is 9.86. The molecule has 218 valence electrons. The lowest BCUT2D eigenvalue weighted by atomic mass is 9.98. The molecule has 0 spiro atoms. The lowest BCUT2D eigenvalue weighted by Crippen LogP contribution is -2.38. The third-order valence-corrected chi connectivity index (χ3v) is 6.96. The van der Waals surface area contributed by atoms with Gasteiger partial charge < -0.3 is 24.6 Å². The van der Waals surface area contributed by atoms with Crippen LogP contribution in [0, 0.1) is 6.92 Å². The summed E-state index contributed by atoms with van der Waals surface area (Å²) < 4.78 is 17.0. The maximum Gasteiger partial charge on any atom is 0.347 e. The average molecular weight is 568 g/mol. The minimum absolute atomic E-state index is 0.0724. The second-order valence-corrected chi connectivity index (χ2v) is 10.7. The van der Waals surface area contributed by atoms with Gasteiger partial charge in [-0.25, -0.2) is 4.79 Å². The van der Waals surface area contributed by atoms with Crippen LogP contribution in [0.3, 0.4) is 0 Å². The molecule has 4 rings (SSSR count). The second kappa shape index (κ2) is 13.7. The second-order valence-electron chi connectivity index (χ2n) is 10.7. The van der Waals surface area contributed by atoms with E-state index in [1.165, 1.54) is 19.4 Å². The molecule has 2 N–H and O–H groups in total. The number of ether oxygens (including phenoxy) is 3. The Hall–Kier alpha value is -4.78. The van der Waals surface area contributed by atoms with Gasteiger partial charge in [0.15, 0.2) is 5.60 Å². The molecule has 0 saturated carbocycles. The number of carbonyl (C=O) groups excluding carboxylic acids is 1. The summed E-state index contributed by atoms with van der Waals surface area (Å²) in [4.78, 5) is 24.8. The molecule has 1 unspecified atom stereocenters. The molecule has 0 aliphatic rings. The van der Waals surface area contributed by atoms with Crippen LogP contribution in [-0.2, 0) is 17.6 Å². The number of amides is 1. The first-order valence-corrected chi connectivity index (χ1v) is 13.9. The third kappa shape index (κ3) is 8.36. The number of benzene rings is 4. The van der Waals surface area contributed by atoms with Crippen molar-refractivity contribution in [2.24, 2.45) is 0 Å². The van der Waals surface area contributed by atoms with Gasteiger partial charge in [0.25, 0.3) is 5.91 Å². The van der Waals surface area contributed by atoms with Crippen LogP contribution in [-0.4, -0.2) is 35.7 Å². The number of carbonyl (C=O) groups is 2. The van der Waals surface area contributed by atoms with Gasteiger partial charge in [0.2, 0.25) is 0 Å². The summed E-state index contributed by atoms with van der Waals surface area (Å²) in [6.07, 6.45) is 2.30. The molecule has 0 radical (unpaired) electrons. The van der Waals surface area contributed by atoms with Crippen LogP contribution in [0.4, 0.5) is 0 Å². The number of carboxylic acids is 1. The number of rotatable bonds is 13. The van der Waals surface area contributed by atoms with Crippen LogP contribution in [0.5, 0.6) is 23.0 Å². The first-order chi connectivity index (χ1) is 20.1. The van der Waals surface area contributed by atoms with E-state index in [0.29, 0.717) is 29.2 Å². The van der Waals surface area contributed by atoms with Crippen LogP contribution < -0.4 is 19.5 Å². The van der Waals surface area contributed by atoms with Crippen molar-refractivity contribution in [3.05, 3.63) is 119 Å². The molecule has 7 nitrogen and oxygen atoms in total. The lowest BCUT2D eigenvalue weighted by Gasteiger charge is -2.23. The predicted molar refractivity (Wildman–Crippen MR) is 163 cm³/mol. The molecule has 42 heavy (non-hydrogen) atoms. The average Bonchev–Trinajstić information content (AvgIpc) is 2.98. The minimum Gasteiger partial charge on any atom is -0.497 e. The lowest BCUT2D eigenvalue weighted by molar-refractivity contribution is -0.152. The zero-order chi connectivity index (χ0) is 30.1. The highest BCUT2D eigenvalue weighted by Gasteiger charge is 2.30. The molecule has 4 aromatic carbocycles. The number of aryl methyl sites for hydroxylation is 2. The van der Waals surface area contributed by atoms with Crippen molar-refractivity contribution in [2.75, 3.05) is 7.11 Å². The van der Waals surface area contributed by atoms with Gasteiger partial charge in [-0.1, -0.05) is 48.5 Å². The topological polar surface area (TPSA) is 94.1 Å². The molecule has 0 fully saturated rings. The highest BCUT2D eigenvalue weighted by molar-refractivity contribution is 5.94. The Balaban J connectivity index is 1.44. The fourth-order valence-electron chi connectivity index (χ4n) is 4.48. The maximum absolute atomic E-state index is 13.4. The highest BCUT2D eigenvalue weighted by atomic mass is 16.5. The van der Waals surface area contributed by atoms with Gasteiger partial charge in [0.05, 0.1) is 7.11 Å². The molecule has 1 atom stereocenters. The number of methoxy groups -OCH3 is 1. The molecular formula is C35H37NO6. The van der Waals surface area contributed by atoms with Gasteiger partial charge in [-0.2, -0.15) is 0 Å². The van der Waals surface area contributed by atoms with E-state index in [0.717, 1.165) is 29.7 Å². The Morgan fingerprint density at radius 1 is 0.833 bits per heavy atom. The first-order valence-electron chi connectivity index (χ1n) is 13.9. The highest BCUT2D eigenvalue weighted by Crippen LogP contribution is 2.30. The van der Waals surface area contributed by atoms with Crippen molar-refractivity contribution in [2.45, 2.75) is 51.7 Å². The summed E-state index contributed by atoms with van der Waals surface area (Å²) in [5.74, 6) is 1.11. The number of carboxylic acid groups (broad SMARTS) is 1. The summed E-state index contributed by atoms with van der Waals surface area (Å²) in [5.41, 5.74) is 2.20. The standard InChI is InChI=1S/C35H37NO6/c1-24-21-31(19-20-32(24)42-35(2,3)34(38)39)41-30-12-8-11-27(23-30)33(37)36-28(22-26-9-6-5-7-10-26)16-13-25-14-17-29(40-4)18-15-25/h5-12,14-15,17-21,23,28H,13,16,22H2,1-4H3,(H,36,37)(H,38,39). The van der Waals surface area contributed by atoms with Gasteiger partial charge in [-0.15, -0.1) is 0 Å². The number of hydrogen-bond acceptors (Lipinski definition) is 5. The Morgan fingerprint density at radius 3 is 2.19 bits per heavy atom. The quantitative estimate of drug-likeness (QED) is 0.180. The number of aliphatic carboxylic acids is 1. The minimum atomic E-state index is -1.36. The van der Waals surface area contributed by atoms with Crippen molar-refractivity contribution in [3.8, 4) is 23.0 Å². The normalized spacial score (nSPS) is 11.8. The van der Waals surface area contributed by atoms with Gasteiger partial charge in [0, 0.05) is 11.6 Å². The Labute approximate surface area is 247 Å². The molecule has 0 bridgehead atoms.